The molecule has 3 heterocycles. The first-order valence-electron chi connectivity index (χ1n) is 19.2. The number of hydrogen-bond acceptors (Lipinski definition) is 10. The van der Waals surface area contributed by atoms with Gasteiger partial charge in [-0.2, -0.15) is 0 Å². The van der Waals surface area contributed by atoms with Gasteiger partial charge in [-0.3, -0.25) is 14.4 Å². The predicted octanol–water partition coefficient (Wildman–Crippen LogP) is 6.96. The van der Waals surface area contributed by atoms with Gasteiger partial charge < -0.3 is 14.5 Å². The Morgan fingerprint density at radius 3 is 1.00 bits per heavy atom. The maximum absolute atomic E-state index is 14.2. The molecule has 0 atom stereocenters. The lowest BCUT2D eigenvalue weighted by atomic mass is 9.86. The zero-order valence-corrected chi connectivity index (χ0v) is 32.2. The molecule has 53 heavy (non-hydrogen) atoms. The van der Waals surface area contributed by atoms with Crippen LogP contribution in [-0.2, 0) is 18.1 Å². The van der Waals surface area contributed by atoms with Crippen LogP contribution in [-0.4, -0.2) is 34.6 Å². The summed E-state index contributed by atoms with van der Waals surface area (Å²) >= 11 is 0. The molecule has 0 saturated heterocycles. The maximum atomic E-state index is 14.2. The summed E-state index contributed by atoms with van der Waals surface area (Å²) in [5.41, 5.74) is 3.52. The van der Waals surface area contributed by atoms with Crippen LogP contribution in [0.1, 0.15) is 148 Å². The molecule has 3 aliphatic carbocycles. The summed E-state index contributed by atoms with van der Waals surface area (Å²) in [5, 5.41) is 0. The average Bonchev–Trinajstić information content (AvgIpc) is 3.15. The van der Waals surface area contributed by atoms with Crippen molar-refractivity contribution < 1.29 is 32.6 Å². The summed E-state index contributed by atoms with van der Waals surface area (Å²) in [5.74, 6) is 0.402. The molecule has 0 unspecified atom stereocenters. The van der Waals surface area contributed by atoms with E-state index < -0.39 is 28.2 Å². The highest BCUT2D eigenvalue weighted by molar-refractivity contribution is 7.48. The third-order valence-electron chi connectivity index (χ3n) is 10.7. The molecule has 0 aromatic carbocycles. The number of aryl methyl sites for hydroxylation is 3. The standard InChI is InChI=1S/C39H54N3O10P/c1-28-19-34(31-13-7-4-8-14-31)40(37(43)22-28)47-25-50-53(46,51-26-48-41-35(20-29(2)23-38(41)44)32-15-9-5-10-16-32)52-27-49-42-36(21-30(3)24-39(42)45)33-17-11-6-12-18-33/h19-24,31-33H,4-18,25-27H2,1-3H3. The molecule has 0 bridgehead atoms. The minimum Gasteiger partial charge on any atom is -0.381 e. The second-order valence-corrected chi connectivity index (χ2v) is 16.5. The molecular weight excluding hydrogens is 701 g/mol. The Bertz CT molecular complexity index is 1700. The van der Waals surface area contributed by atoms with Gasteiger partial charge in [0.05, 0.1) is 17.1 Å². The highest BCUT2D eigenvalue weighted by Gasteiger charge is 2.31. The molecule has 3 aromatic heterocycles. The second kappa shape index (κ2) is 18.1. The Morgan fingerprint density at radius 2 is 0.736 bits per heavy atom. The van der Waals surface area contributed by atoms with Crippen molar-refractivity contribution in [2.75, 3.05) is 20.4 Å². The first-order valence-corrected chi connectivity index (χ1v) is 20.7. The van der Waals surface area contributed by atoms with Gasteiger partial charge >= 0.3 is 7.82 Å². The Kier molecular flexibility index (Phi) is 13.4. The maximum Gasteiger partial charge on any atom is 0.483 e. The smallest absolute Gasteiger partial charge is 0.381 e. The third-order valence-corrected chi connectivity index (χ3v) is 12.0. The molecule has 13 nitrogen and oxygen atoms in total. The van der Waals surface area contributed by atoms with Crippen LogP contribution in [0.3, 0.4) is 0 Å². The van der Waals surface area contributed by atoms with Crippen LogP contribution in [0.15, 0.2) is 50.8 Å². The topological polar surface area (TPSA) is 138 Å². The summed E-state index contributed by atoms with van der Waals surface area (Å²) in [6, 6.07) is 10.2. The Hall–Kier alpha value is -3.64. The molecule has 290 valence electrons. The first-order chi connectivity index (χ1) is 25.6. The normalized spacial score (nSPS) is 17.9. The molecule has 3 aliphatic rings. The Balaban J connectivity index is 1.20. The van der Waals surface area contributed by atoms with Gasteiger partial charge in [0.25, 0.3) is 16.7 Å². The van der Waals surface area contributed by atoms with E-state index in [1.54, 1.807) is 0 Å². The predicted molar refractivity (Wildman–Crippen MR) is 199 cm³/mol. The number of pyridine rings is 3. The molecule has 0 amide bonds. The van der Waals surface area contributed by atoms with Gasteiger partial charge in [0.15, 0.2) is 0 Å². The van der Waals surface area contributed by atoms with Crippen LogP contribution in [0.2, 0.25) is 0 Å². The van der Waals surface area contributed by atoms with Crippen LogP contribution in [0.25, 0.3) is 0 Å². The van der Waals surface area contributed by atoms with Crippen molar-refractivity contribution in [3.8, 4) is 0 Å². The zero-order valence-electron chi connectivity index (χ0n) is 31.3. The quantitative estimate of drug-likeness (QED) is 0.118. The van der Waals surface area contributed by atoms with Crippen molar-refractivity contribution in [1.82, 2.24) is 14.2 Å². The summed E-state index contributed by atoms with van der Waals surface area (Å²) in [6.45, 7) is 3.58. The number of rotatable bonds is 15. The molecule has 6 rings (SSSR count). The van der Waals surface area contributed by atoms with Crippen molar-refractivity contribution in [3.63, 3.8) is 0 Å². The van der Waals surface area contributed by atoms with Gasteiger partial charge in [-0.1, -0.05) is 57.8 Å². The zero-order chi connectivity index (χ0) is 37.4. The van der Waals surface area contributed by atoms with Gasteiger partial charge in [0.1, 0.15) is 0 Å². The van der Waals surface area contributed by atoms with E-state index in [1.165, 1.54) is 32.4 Å². The van der Waals surface area contributed by atoms with Gasteiger partial charge in [-0.15, -0.1) is 14.2 Å². The van der Waals surface area contributed by atoms with Gasteiger partial charge in [-0.05, 0) is 94.2 Å². The van der Waals surface area contributed by atoms with Gasteiger partial charge in [0, 0.05) is 36.0 Å². The van der Waals surface area contributed by atoms with Crippen molar-refractivity contribution in [2.24, 2.45) is 0 Å². The largest absolute Gasteiger partial charge is 0.483 e. The van der Waals surface area contributed by atoms with Crippen LogP contribution in [0, 0.1) is 20.8 Å². The van der Waals surface area contributed by atoms with Crippen LogP contribution >= 0.6 is 7.82 Å². The number of aromatic nitrogens is 3. The number of phosphoric acid groups is 1. The van der Waals surface area contributed by atoms with Crippen molar-refractivity contribution >= 4 is 7.82 Å². The molecule has 3 saturated carbocycles. The lowest BCUT2D eigenvalue weighted by Crippen LogP contribution is -2.34. The second-order valence-electron chi connectivity index (χ2n) is 14.9. The van der Waals surface area contributed by atoms with Crippen LogP contribution < -0.4 is 31.2 Å². The summed E-state index contributed by atoms with van der Waals surface area (Å²) in [6.07, 6.45) is 15.3. The highest BCUT2D eigenvalue weighted by atomic mass is 31.2. The van der Waals surface area contributed by atoms with Crippen molar-refractivity contribution in [3.05, 3.63) is 101 Å². The van der Waals surface area contributed by atoms with Crippen molar-refractivity contribution in [2.45, 2.75) is 135 Å². The minimum absolute atomic E-state index is 0.134. The van der Waals surface area contributed by atoms with E-state index in [-0.39, 0.29) is 34.4 Å². The lowest BCUT2D eigenvalue weighted by Gasteiger charge is -2.26. The van der Waals surface area contributed by atoms with Crippen LogP contribution in [0.4, 0.5) is 0 Å². The minimum atomic E-state index is -4.57. The highest BCUT2D eigenvalue weighted by Crippen LogP contribution is 2.49. The molecule has 0 N–H and O–H groups in total. The van der Waals surface area contributed by atoms with E-state index in [2.05, 4.69) is 0 Å². The monoisotopic (exact) mass is 755 g/mol. The number of hydrogen-bond donors (Lipinski definition) is 0. The van der Waals surface area contributed by atoms with E-state index >= 15 is 0 Å². The molecule has 0 spiro atoms. The molecule has 3 aromatic rings. The molecule has 0 aliphatic heterocycles. The average molecular weight is 756 g/mol. The fraction of sp³-hybridized carbons (Fsp3) is 0.615. The Labute approximate surface area is 310 Å². The SMILES string of the molecule is Cc1cc(C2CCCCC2)n(OCOP(=O)(OCOn2c(C3CCCCC3)cc(C)cc2=O)OCOn2c(C3CCCCC3)cc(C)cc2=O)c(=O)c1. The fourth-order valence-corrected chi connectivity index (χ4v) is 8.89. The summed E-state index contributed by atoms with van der Waals surface area (Å²) < 4.78 is 34.6. The summed E-state index contributed by atoms with van der Waals surface area (Å²) in [4.78, 5) is 56.8. The van der Waals surface area contributed by atoms with E-state index in [1.807, 2.05) is 39.0 Å². The van der Waals surface area contributed by atoms with E-state index in [4.69, 9.17) is 28.1 Å². The molecule has 0 radical (unpaired) electrons. The Morgan fingerprint density at radius 1 is 0.472 bits per heavy atom. The first kappa shape index (κ1) is 39.1. The van der Waals surface area contributed by atoms with Crippen molar-refractivity contribution in [1.29, 1.82) is 0 Å². The third kappa shape index (κ3) is 10.1. The summed E-state index contributed by atoms with van der Waals surface area (Å²) in [7, 11) is -4.57. The lowest BCUT2D eigenvalue weighted by molar-refractivity contribution is -0.0821. The van der Waals surface area contributed by atoms with E-state index in [0.717, 1.165) is 130 Å². The molecule has 14 heteroatoms. The fourth-order valence-electron chi connectivity index (χ4n) is 8.14. The molecule has 3 fully saturated rings. The van der Waals surface area contributed by atoms with Gasteiger partial charge in [-0.25, -0.2) is 18.1 Å². The van der Waals surface area contributed by atoms with Crippen LogP contribution in [0.5, 0.6) is 0 Å². The number of phosphoric ester groups is 1. The number of nitrogens with zero attached hydrogens (tertiary/aromatic N) is 3. The van der Waals surface area contributed by atoms with E-state index in [0.29, 0.717) is 0 Å². The molecular formula is C39H54N3O10P. The van der Waals surface area contributed by atoms with E-state index in [9.17, 15) is 18.9 Å². The van der Waals surface area contributed by atoms with Gasteiger partial charge in [0.2, 0.25) is 20.4 Å².